The summed E-state index contributed by atoms with van der Waals surface area (Å²) in [7, 11) is -8.71. The molecule has 0 unspecified atom stereocenters. The molecule has 0 aromatic rings. The van der Waals surface area contributed by atoms with E-state index in [1.54, 1.807) is 0 Å². The largest absolute Gasteiger partial charge is 0.350 e. The van der Waals surface area contributed by atoms with E-state index in [0.717, 1.165) is 0 Å². The summed E-state index contributed by atoms with van der Waals surface area (Å²) < 4.78 is 58.1. The summed E-state index contributed by atoms with van der Waals surface area (Å²) in [5.41, 5.74) is 0. The van der Waals surface area contributed by atoms with Crippen LogP contribution in [0.3, 0.4) is 0 Å². The highest BCUT2D eigenvalue weighted by atomic mass is 32.2. The van der Waals surface area contributed by atoms with Crippen molar-refractivity contribution in [1.29, 1.82) is 0 Å². The van der Waals surface area contributed by atoms with E-state index in [-0.39, 0.29) is 0 Å². The summed E-state index contributed by atoms with van der Waals surface area (Å²) >= 11 is 0. The van der Waals surface area contributed by atoms with Crippen LogP contribution in [-0.4, -0.2) is 38.2 Å². The topological polar surface area (TPSA) is 123 Å². The zero-order valence-electron chi connectivity index (χ0n) is 5.21. The van der Waals surface area contributed by atoms with Gasteiger partial charge in [-0.1, -0.05) is 4.72 Å². The van der Waals surface area contributed by atoms with Crippen LogP contribution in [0.25, 0.3) is 0 Å². The Bertz CT molecular complexity index is 267. The molecule has 2 N–H and O–H groups in total. The van der Waals surface area contributed by atoms with Crippen LogP contribution in [0.15, 0.2) is 0 Å². The maximum Gasteiger partial charge on any atom is 0.350 e. The van der Waals surface area contributed by atoms with E-state index in [0.29, 0.717) is 0 Å². The first-order chi connectivity index (χ1) is 4.71. The Kier molecular flexibility index (Phi) is 3.38. The molecule has 0 aromatic heterocycles. The minimum Gasteiger partial charge on any atom is -0.286 e. The molecule has 0 rings (SSSR count). The fourth-order valence-corrected chi connectivity index (χ4v) is 1.03. The molecule has 0 atom stereocenters. The Morgan fingerprint density at radius 2 is 1.55 bits per heavy atom. The third-order valence-electron chi connectivity index (χ3n) is 0.604. The van der Waals surface area contributed by atoms with E-state index in [2.05, 4.69) is 4.72 Å². The maximum atomic E-state index is 9.94. The molecule has 0 heterocycles. The van der Waals surface area contributed by atoms with Crippen LogP contribution < -0.4 is 4.72 Å². The van der Waals surface area contributed by atoms with Crippen molar-refractivity contribution in [2.45, 2.75) is 0 Å². The molecule has 67 valence electrons. The SMILES string of the molecule is O=S(=O)(O)CC[N]S(=O)(=O)O. The molecular formula is C2H6NO6S2. The Hall–Kier alpha value is -0.220. The standard InChI is InChI=1S/C2H6NO6S2/c4-10(5,6)2-1-3-11(7,8)9/h1-2H2,(H,4,5,6)(H,7,8,9). The van der Waals surface area contributed by atoms with Gasteiger partial charge in [0.2, 0.25) is 0 Å². The van der Waals surface area contributed by atoms with Gasteiger partial charge in [0.1, 0.15) is 0 Å². The van der Waals surface area contributed by atoms with Crippen molar-refractivity contribution < 1.29 is 25.9 Å². The number of hydrogen-bond donors (Lipinski definition) is 2. The molecule has 0 aliphatic carbocycles. The predicted octanol–water partition coefficient (Wildman–Crippen LogP) is -1.72. The van der Waals surface area contributed by atoms with Gasteiger partial charge in [0, 0.05) is 6.54 Å². The zero-order valence-corrected chi connectivity index (χ0v) is 6.84. The molecule has 11 heavy (non-hydrogen) atoms. The van der Waals surface area contributed by atoms with Crippen LogP contribution in [0.2, 0.25) is 0 Å². The van der Waals surface area contributed by atoms with E-state index in [1.807, 2.05) is 0 Å². The highest BCUT2D eigenvalue weighted by Crippen LogP contribution is 1.82. The first-order valence-electron chi connectivity index (χ1n) is 2.32. The molecule has 0 saturated carbocycles. The Morgan fingerprint density at radius 1 is 1.09 bits per heavy atom. The lowest BCUT2D eigenvalue weighted by atomic mass is 10.8. The second-order valence-corrected chi connectivity index (χ2v) is 4.31. The van der Waals surface area contributed by atoms with Crippen LogP contribution in [0.4, 0.5) is 0 Å². The number of hydrogen-bond acceptors (Lipinski definition) is 4. The Morgan fingerprint density at radius 3 is 1.82 bits per heavy atom. The molecule has 0 bridgehead atoms. The highest BCUT2D eigenvalue weighted by molar-refractivity contribution is 7.86. The van der Waals surface area contributed by atoms with Crippen molar-refractivity contribution in [2.24, 2.45) is 0 Å². The van der Waals surface area contributed by atoms with Crippen molar-refractivity contribution in [1.82, 2.24) is 4.72 Å². The van der Waals surface area contributed by atoms with Gasteiger partial charge in [-0.3, -0.25) is 9.11 Å². The molecular weight excluding hydrogens is 198 g/mol. The number of rotatable bonds is 4. The molecule has 0 amide bonds. The van der Waals surface area contributed by atoms with Gasteiger partial charge in [0.05, 0.1) is 5.75 Å². The van der Waals surface area contributed by atoms with E-state index < -0.39 is 32.7 Å². The summed E-state index contributed by atoms with van der Waals surface area (Å²) in [4.78, 5) is 0. The first-order valence-corrected chi connectivity index (χ1v) is 5.33. The van der Waals surface area contributed by atoms with Crippen LogP contribution in [0.1, 0.15) is 0 Å². The third kappa shape index (κ3) is 9.78. The van der Waals surface area contributed by atoms with Crippen LogP contribution in [0.5, 0.6) is 0 Å². The molecule has 7 nitrogen and oxygen atoms in total. The molecule has 9 heteroatoms. The zero-order chi connectivity index (χ0) is 9.12. The summed E-state index contributed by atoms with van der Waals surface area (Å²) in [5, 5.41) is 0. The van der Waals surface area contributed by atoms with Crippen molar-refractivity contribution in [3.8, 4) is 0 Å². The van der Waals surface area contributed by atoms with Gasteiger partial charge in [-0.05, 0) is 0 Å². The summed E-state index contributed by atoms with van der Waals surface area (Å²) in [5.74, 6) is -0.827. The van der Waals surface area contributed by atoms with Crippen molar-refractivity contribution in [3.05, 3.63) is 0 Å². The average molecular weight is 204 g/mol. The van der Waals surface area contributed by atoms with Gasteiger partial charge in [-0.15, -0.1) is 0 Å². The lowest BCUT2D eigenvalue weighted by molar-refractivity contribution is 0.465. The minimum absolute atomic E-state index is 0.683. The smallest absolute Gasteiger partial charge is 0.286 e. The summed E-state index contributed by atoms with van der Waals surface area (Å²) in [6.45, 7) is -0.683. The second-order valence-electron chi connectivity index (χ2n) is 1.59. The van der Waals surface area contributed by atoms with Gasteiger partial charge >= 0.3 is 10.3 Å². The maximum absolute atomic E-state index is 9.94. The summed E-state index contributed by atoms with van der Waals surface area (Å²) in [6.07, 6.45) is 0. The molecule has 0 aliphatic rings. The lowest BCUT2D eigenvalue weighted by Gasteiger charge is -1.94. The van der Waals surface area contributed by atoms with Crippen LogP contribution in [0, 0.1) is 0 Å². The van der Waals surface area contributed by atoms with E-state index >= 15 is 0 Å². The second kappa shape index (κ2) is 3.45. The number of nitrogens with zero attached hydrogens (tertiary/aromatic N) is 1. The monoisotopic (exact) mass is 204 g/mol. The first kappa shape index (κ1) is 10.8. The van der Waals surface area contributed by atoms with Gasteiger partial charge in [-0.25, -0.2) is 0 Å². The molecule has 0 fully saturated rings. The molecule has 1 radical (unpaired) electrons. The van der Waals surface area contributed by atoms with Gasteiger partial charge in [-0.2, -0.15) is 16.8 Å². The van der Waals surface area contributed by atoms with Crippen molar-refractivity contribution in [2.75, 3.05) is 12.3 Å². The Balaban J connectivity index is 3.79. The normalized spacial score (nSPS) is 13.3. The van der Waals surface area contributed by atoms with Gasteiger partial charge < -0.3 is 0 Å². The lowest BCUT2D eigenvalue weighted by Crippen LogP contribution is -2.21. The fourth-order valence-electron chi connectivity index (χ4n) is 0.268. The quantitative estimate of drug-likeness (QED) is 0.525. The van der Waals surface area contributed by atoms with Crippen molar-refractivity contribution in [3.63, 3.8) is 0 Å². The minimum atomic E-state index is -4.50. The molecule has 0 saturated heterocycles. The van der Waals surface area contributed by atoms with Gasteiger partial charge in [0.25, 0.3) is 10.1 Å². The summed E-state index contributed by atoms with van der Waals surface area (Å²) in [6, 6.07) is 0. The predicted molar refractivity (Wildman–Crippen MR) is 35.0 cm³/mol. The van der Waals surface area contributed by atoms with E-state index in [9.17, 15) is 16.8 Å². The van der Waals surface area contributed by atoms with Crippen LogP contribution in [-0.2, 0) is 20.4 Å². The van der Waals surface area contributed by atoms with Crippen LogP contribution >= 0.6 is 0 Å². The molecule has 0 aliphatic heterocycles. The third-order valence-corrected chi connectivity index (χ3v) is 1.81. The average Bonchev–Trinajstić information content (AvgIpc) is 1.55. The molecule has 0 spiro atoms. The van der Waals surface area contributed by atoms with Crippen molar-refractivity contribution >= 4 is 20.4 Å². The Labute approximate surface area is 64.0 Å². The van der Waals surface area contributed by atoms with E-state index in [4.69, 9.17) is 9.11 Å². The fraction of sp³-hybridized carbons (Fsp3) is 1.00. The van der Waals surface area contributed by atoms with Gasteiger partial charge in [0.15, 0.2) is 0 Å². The highest BCUT2D eigenvalue weighted by Gasteiger charge is 2.09. The molecule has 0 aromatic carbocycles. The van der Waals surface area contributed by atoms with E-state index in [1.165, 1.54) is 0 Å².